The van der Waals surface area contributed by atoms with E-state index in [0.29, 0.717) is 35.2 Å². The van der Waals surface area contributed by atoms with Crippen LogP contribution in [0.1, 0.15) is 25.3 Å². The van der Waals surface area contributed by atoms with Gasteiger partial charge in [-0.3, -0.25) is 9.59 Å². The number of carbonyl (C=O) groups excluding carboxylic acids is 2. The molecule has 0 spiro atoms. The highest BCUT2D eigenvalue weighted by atomic mass is 35.5. The van der Waals surface area contributed by atoms with Gasteiger partial charge in [0.1, 0.15) is 6.04 Å². The molecule has 4 nitrogen and oxygen atoms in total. The first-order chi connectivity index (χ1) is 10.9. The average molecular weight is 373 g/mol. The van der Waals surface area contributed by atoms with Crippen molar-refractivity contribution < 1.29 is 9.59 Å². The Morgan fingerprint density at radius 2 is 2.26 bits per heavy atom. The van der Waals surface area contributed by atoms with Crippen LogP contribution in [0.25, 0.3) is 0 Å². The molecule has 23 heavy (non-hydrogen) atoms. The fraction of sp³-hybridized carbons (Fsp3) is 0.500. The van der Waals surface area contributed by atoms with Crippen molar-refractivity contribution in [3.05, 3.63) is 33.8 Å². The molecule has 2 amide bonds. The summed E-state index contributed by atoms with van der Waals surface area (Å²) in [6.07, 6.45) is 1.99. The van der Waals surface area contributed by atoms with E-state index in [2.05, 4.69) is 5.32 Å². The number of rotatable bonds is 4. The topological polar surface area (TPSA) is 49.4 Å². The molecule has 0 radical (unpaired) electrons. The summed E-state index contributed by atoms with van der Waals surface area (Å²) in [6, 6.07) is 4.98. The summed E-state index contributed by atoms with van der Waals surface area (Å²) in [5.74, 6) is 0.662. The maximum absolute atomic E-state index is 12.4. The molecule has 2 aliphatic rings. The minimum Gasteiger partial charge on any atom is -0.354 e. The Bertz CT molecular complexity index is 655. The SMILES string of the molecule is C[C@@]12CCC(=O)N1[C@@H](C(=O)NCCc1ccc(Cl)cc1Cl)CS2. The van der Waals surface area contributed by atoms with Crippen LogP contribution in [0.2, 0.25) is 10.0 Å². The zero-order valence-corrected chi connectivity index (χ0v) is 15.1. The lowest BCUT2D eigenvalue weighted by molar-refractivity contribution is -0.137. The Morgan fingerprint density at radius 3 is 3.00 bits per heavy atom. The van der Waals surface area contributed by atoms with Crippen molar-refractivity contribution in [3.8, 4) is 0 Å². The van der Waals surface area contributed by atoms with E-state index in [0.717, 1.165) is 12.0 Å². The van der Waals surface area contributed by atoms with Gasteiger partial charge in [-0.25, -0.2) is 0 Å². The summed E-state index contributed by atoms with van der Waals surface area (Å²) in [5.41, 5.74) is 0.944. The van der Waals surface area contributed by atoms with Gasteiger partial charge in [0.05, 0.1) is 4.87 Å². The molecule has 1 aromatic carbocycles. The zero-order valence-electron chi connectivity index (χ0n) is 12.8. The molecule has 0 bridgehead atoms. The number of hydrogen-bond acceptors (Lipinski definition) is 3. The van der Waals surface area contributed by atoms with Crippen molar-refractivity contribution in [2.75, 3.05) is 12.3 Å². The van der Waals surface area contributed by atoms with Crippen molar-refractivity contribution in [1.29, 1.82) is 0 Å². The van der Waals surface area contributed by atoms with E-state index in [4.69, 9.17) is 23.2 Å². The van der Waals surface area contributed by atoms with E-state index in [9.17, 15) is 9.59 Å². The summed E-state index contributed by atoms with van der Waals surface area (Å²) in [5, 5.41) is 4.12. The standard InChI is InChI=1S/C16H18Cl2N2O2S/c1-16-6-4-14(21)20(16)13(9-23-16)15(22)19-7-5-10-2-3-11(17)8-12(10)18/h2-3,8,13H,4-7,9H2,1H3,(H,19,22)/t13-,16-/m1/s1. The van der Waals surface area contributed by atoms with Gasteiger partial charge in [-0.1, -0.05) is 29.3 Å². The van der Waals surface area contributed by atoms with Crippen LogP contribution in [-0.4, -0.2) is 39.9 Å². The lowest BCUT2D eigenvalue weighted by Crippen LogP contribution is -2.50. The Labute approximate surface area is 149 Å². The number of carbonyl (C=O) groups is 2. The first kappa shape index (κ1) is 16.9. The Balaban J connectivity index is 1.57. The normalized spacial score (nSPS) is 26.5. The number of fused-ring (bicyclic) bond motifs is 1. The van der Waals surface area contributed by atoms with E-state index in [-0.39, 0.29) is 22.7 Å². The third-order valence-corrected chi connectivity index (χ3v) is 6.55. The molecular formula is C16H18Cl2N2O2S. The highest BCUT2D eigenvalue weighted by Crippen LogP contribution is 2.47. The van der Waals surface area contributed by atoms with E-state index in [1.807, 2.05) is 13.0 Å². The van der Waals surface area contributed by atoms with Crippen LogP contribution in [0.4, 0.5) is 0 Å². The molecule has 2 aliphatic heterocycles. The second kappa shape index (κ2) is 6.54. The van der Waals surface area contributed by atoms with Crippen LogP contribution in [0.15, 0.2) is 18.2 Å². The van der Waals surface area contributed by atoms with Gasteiger partial charge >= 0.3 is 0 Å². The van der Waals surface area contributed by atoms with Gasteiger partial charge in [0.2, 0.25) is 11.8 Å². The fourth-order valence-corrected chi connectivity index (χ4v) is 5.11. The van der Waals surface area contributed by atoms with Gasteiger partial charge < -0.3 is 10.2 Å². The van der Waals surface area contributed by atoms with E-state index < -0.39 is 0 Å². The number of nitrogens with one attached hydrogen (secondary N) is 1. The Kier molecular flexibility index (Phi) is 4.81. The number of nitrogens with zero attached hydrogens (tertiary/aromatic N) is 1. The van der Waals surface area contributed by atoms with Gasteiger partial charge in [0.25, 0.3) is 0 Å². The van der Waals surface area contributed by atoms with Gasteiger partial charge in [0, 0.05) is 28.8 Å². The summed E-state index contributed by atoms with van der Waals surface area (Å²) < 4.78 is 0. The second-order valence-electron chi connectivity index (χ2n) is 6.04. The van der Waals surface area contributed by atoms with Crippen LogP contribution in [0.5, 0.6) is 0 Å². The maximum Gasteiger partial charge on any atom is 0.243 e. The number of hydrogen-bond donors (Lipinski definition) is 1. The van der Waals surface area contributed by atoms with Crippen molar-refractivity contribution in [2.24, 2.45) is 0 Å². The highest BCUT2D eigenvalue weighted by Gasteiger charge is 2.52. The first-order valence-electron chi connectivity index (χ1n) is 7.58. The number of amides is 2. The van der Waals surface area contributed by atoms with E-state index in [1.165, 1.54) is 0 Å². The van der Waals surface area contributed by atoms with Crippen LogP contribution < -0.4 is 5.32 Å². The molecule has 1 N–H and O–H groups in total. The summed E-state index contributed by atoms with van der Waals surface area (Å²) in [4.78, 5) is 26.0. The molecule has 0 aromatic heterocycles. The summed E-state index contributed by atoms with van der Waals surface area (Å²) in [7, 11) is 0. The van der Waals surface area contributed by atoms with E-state index in [1.54, 1.807) is 28.8 Å². The molecule has 7 heteroatoms. The molecule has 0 aliphatic carbocycles. The molecule has 2 fully saturated rings. The summed E-state index contributed by atoms with van der Waals surface area (Å²) >= 11 is 13.7. The Morgan fingerprint density at radius 1 is 1.48 bits per heavy atom. The minimum atomic E-state index is -0.360. The van der Waals surface area contributed by atoms with Crippen molar-refractivity contribution in [3.63, 3.8) is 0 Å². The predicted molar refractivity (Wildman–Crippen MR) is 93.9 cm³/mol. The third kappa shape index (κ3) is 3.32. The predicted octanol–water partition coefficient (Wildman–Crippen LogP) is 3.11. The van der Waals surface area contributed by atoms with Crippen molar-refractivity contribution in [1.82, 2.24) is 10.2 Å². The first-order valence-corrected chi connectivity index (χ1v) is 9.33. The van der Waals surface area contributed by atoms with Crippen LogP contribution in [0.3, 0.4) is 0 Å². The molecular weight excluding hydrogens is 355 g/mol. The molecule has 2 heterocycles. The molecule has 0 saturated carbocycles. The number of benzene rings is 1. The highest BCUT2D eigenvalue weighted by molar-refractivity contribution is 8.01. The molecule has 1 aromatic rings. The number of halogens is 2. The lowest BCUT2D eigenvalue weighted by atomic mass is 10.1. The van der Waals surface area contributed by atoms with Crippen LogP contribution >= 0.6 is 35.0 Å². The monoisotopic (exact) mass is 372 g/mol. The minimum absolute atomic E-state index is 0.0818. The van der Waals surface area contributed by atoms with Gasteiger partial charge in [-0.05, 0) is 37.5 Å². The maximum atomic E-state index is 12.4. The number of thioether (sulfide) groups is 1. The second-order valence-corrected chi connectivity index (χ2v) is 8.39. The fourth-order valence-electron chi connectivity index (χ4n) is 3.18. The van der Waals surface area contributed by atoms with Gasteiger partial charge in [-0.15, -0.1) is 11.8 Å². The average Bonchev–Trinajstić information content (AvgIpc) is 2.98. The largest absolute Gasteiger partial charge is 0.354 e. The van der Waals surface area contributed by atoms with Crippen molar-refractivity contribution in [2.45, 2.75) is 37.1 Å². The quantitative estimate of drug-likeness (QED) is 0.883. The molecule has 2 saturated heterocycles. The van der Waals surface area contributed by atoms with Gasteiger partial charge in [0.15, 0.2) is 0 Å². The smallest absolute Gasteiger partial charge is 0.243 e. The van der Waals surface area contributed by atoms with E-state index >= 15 is 0 Å². The van der Waals surface area contributed by atoms with Gasteiger partial charge in [-0.2, -0.15) is 0 Å². The third-order valence-electron chi connectivity index (χ3n) is 4.46. The molecule has 0 unspecified atom stereocenters. The molecule has 2 atom stereocenters. The molecule has 3 rings (SSSR count). The van der Waals surface area contributed by atoms with Crippen LogP contribution in [-0.2, 0) is 16.0 Å². The zero-order chi connectivity index (χ0) is 16.6. The van der Waals surface area contributed by atoms with Crippen molar-refractivity contribution >= 4 is 46.8 Å². The van der Waals surface area contributed by atoms with Crippen LogP contribution in [0, 0.1) is 0 Å². The molecule has 124 valence electrons. The Hall–Kier alpha value is -0.910. The lowest BCUT2D eigenvalue weighted by Gasteiger charge is -2.29. The summed E-state index contributed by atoms with van der Waals surface area (Å²) in [6.45, 7) is 2.53.